The van der Waals surface area contributed by atoms with Crippen LogP contribution in [0, 0.1) is 6.92 Å². The molecule has 0 aliphatic carbocycles. The first-order valence-electron chi connectivity index (χ1n) is 4.81. The summed E-state index contributed by atoms with van der Waals surface area (Å²) in [6.45, 7) is 4.75. The molecular weight excluding hydrogens is 176 g/mol. The summed E-state index contributed by atoms with van der Waals surface area (Å²) >= 11 is 0. The zero-order valence-corrected chi connectivity index (χ0v) is 8.74. The monoisotopic (exact) mass is 190 g/mol. The molecule has 0 bridgehead atoms. The van der Waals surface area contributed by atoms with E-state index in [0.717, 1.165) is 17.6 Å². The predicted molar refractivity (Wildman–Crippen MR) is 57.6 cm³/mol. The molecule has 0 saturated carbocycles. The Balaban J connectivity index is 2.96. The van der Waals surface area contributed by atoms with Crippen LogP contribution in [0.25, 0.3) is 11.0 Å². The molecule has 3 heteroatoms. The van der Waals surface area contributed by atoms with Gasteiger partial charge in [-0.3, -0.25) is 9.13 Å². The highest BCUT2D eigenvalue weighted by Gasteiger charge is 2.08. The zero-order valence-electron chi connectivity index (χ0n) is 8.74. The van der Waals surface area contributed by atoms with Gasteiger partial charge in [0.25, 0.3) is 0 Å². The number of hydrogen-bond donors (Lipinski definition) is 0. The molecule has 74 valence electrons. The van der Waals surface area contributed by atoms with Gasteiger partial charge in [0.15, 0.2) is 0 Å². The fraction of sp³-hybridized carbons (Fsp3) is 0.364. The lowest BCUT2D eigenvalue weighted by Gasteiger charge is -1.98. The Morgan fingerprint density at radius 2 is 2.00 bits per heavy atom. The maximum atomic E-state index is 11.8. The first-order valence-corrected chi connectivity index (χ1v) is 4.81. The van der Waals surface area contributed by atoms with Crippen LogP contribution in [0.5, 0.6) is 0 Å². The molecular formula is C11H14N2O. The van der Waals surface area contributed by atoms with E-state index in [-0.39, 0.29) is 5.69 Å². The number of benzene rings is 1. The Morgan fingerprint density at radius 1 is 1.29 bits per heavy atom. The number of imidazole rings is 1. The van der Waals surface area contributed by atoms with Gasteiger partial charge in [0, 0.05) is 13.6 Å². The van der Waals surface area contributed by atoms with Crippen molar-refractivity contribution >= 4 is 11.0 Å². The van der Waals surface area contributed by atoms with E-state index in [1.165, 1.54) is 5.56 Å². The minimum absolute atomic E-state index is 0.0631. The van der Waals surface area contributed by atoms with E-state index >= 15 is 0 Å². The molecule has 0 amide bonds. The number of nitrogens with zero attached hydrogens (tertiary/aromatic N) is 2. The molecule has 0 fully saturated rings. The van der Waals surface area contributed by atoms with Gasteiger partial charge in [-0.2, -0.15) is 0 Å². The van der Waals surface area contributed by atoms with Crippen LogP contribution in [-0.2, 0) is 13.6 Å². The SMILES string of the molecule is CCn1c(=O)n(C)c2ccc(C)cc21. The van der Waals surface area contributed by atoms with E-state index in [9.17, 15) is 4.79 Å². The van der Waals surface area contributed by atoms with Gasteiger partial charge in [-0.15, -0.1) is 0 Å². The molecule has 0 spiro atoms. The molecule has 1 aromatic carbocycles. The van der Waals surface area contributed by atoms with Crippen LogP contribution in [0.2, 0.25) is 0 Å². The standard InChI is InChI=1S/C11H14N2O/c1-4-13-10-7-8(2)5-6-9(10)12(3)11(13)14/h5-7H,4H2,1-3H3. The molecule has 0 unspecified atom stereocenters. The number of rotatable bonds is 1. The summed E-state index contributed by atoms with van der Waals surface area (Å²) in [5.41, 5.74) is 3.28. The molecule has 0 aliphatic heterocycles. The van der Waals surface area contributed by atoms with Crippen LogP contribution in [0.3, 0.4) is 0 Å². The predicted octanol–water partition coefficient (Wildman–Crippen LogP) is 1.67. The summed E-state index contributed by atoms with van der Waals surface area (Å²) in [7, 11) is 1.81. The molecule has 0 radical (unpaired) electrons. The van der Waals surface area contributed by atoms with Gasteiger partial charge >= 0.3 is 5.69 Å². The first kappa shape index (κ1) is 9.06. The van der Waals surface area contributed by atoms with Crippen molar-refractivity contribution < 1.29 is 0 Å². The van der Waals surface area contributed by atoms with E-state index in [0.29, 0.717) is 0 Å². The largest absolute Gasteiger partial charge is 0.328 e. The average Bonchev–Trinajstić information content (AvgIpc) is 2.39. The molecule has 1 aromatic heterocycles. The minimum Gasteiger partial charge on any atom is -0.295 e. The normalized spacial score (nSPS) is 11.1. The second kappa shape index (κ2) is 3.01. The summed E-state index contributed by atoms with van der Waals surface area (Å²) in [6.07, 6.45) is 0. The fourth-order valence-electron chi connectivity index (χ4n) is 1.83. The quantitative estimate of drug-likeness (QED) is 0.672. The van der Waals surface area contributed by atoms with E-state index in [4.69, 9.17) is 0 Å². The lowest BCUT2D eigenvalue weighted by atomic mass is 10.2. The van der Waals surface area contributed by atoms with Gasteiger partial charge in [-0.25, -0.2) is 4.79 Å². The van der Waals surface area contributed by atoms with Gasteiger partial charge in [0.05, 0.1) is 11.0 Å². The van der Waals surface area contributed by atoms with Gasteiger partial charge in [0.2, 0.25) is 0 Å². The number of fused-ring (bicyclic) bond motifs is 1. The Morgan fingerprint density at radius 3 is 2.64 bits per heavy atom. The fourth-order valence-corrected chi connectivity index (χ4v) is 1.83. The van der Waals surface area contributed by atoms with Gasteiger partial charge in [-0.1, -0.05) is 6.07 Å². The molecule has 14 heavy (non-hydrogen) atoms. The van der Waals surface area contributed by atoms with Crippen LogP contribution in [0.1, 0.15) is 12.5 Å². The minimum atomic E-state index is 0.0631. The van der Waals surface area contributed by atoms with Crippen molar-refractivity contribution in [2.75, 3.05) is 0 Å². The third kappa shape index (κ3) is 1.09. The highest BCUT2D eigenvalue weighted by Crippen LogP contribution is 2.13. The molecule has 0 N–H and O–H groups in total. The van der Waals surface area contributed by atoms with E-state index in [1.54, 1.807) is 9.13 Å². The Bertz CT molecular complexity index is 534. The molecule has 0 aliphatic rings. The van der Waals surface area contributed by atoms with Crippen LogP contribution in [0.4, 0.5) is 0 Å². The Hall–Kier alpha value is -1.51. The van der Waals surface area contributed by atoms with Gasteiger partial charge in [0.1, 0.15) is 0 Å². The lowest BCUT2D eigenvalue weighted by Crippen LogP contribution is -2.21. The van der Waals surface area contributed by atoms with Gasteiger partial charge < -0.3 is 0 Å². The summed E-state index contributed by atoms with van der Waals surface area (Å²) in [5.74, 6) is 0. The van der Waals surface area contributed by atoms with Crippen molar-refractivity contribution in [3.63, 3.8) is 0 Å². The summed E-state index contributed by atoms with van der Waals surface area (Å²) in [4.78, 5) is 11.8. The zero-order chi connectivity index (χ0) is 10.3. The van der Waals surface area contributed by atoms with Crippen molar-refractivity contribution in [3.8, 4) is 0 Å². The number of hydrogen-bond acceptors (Lipinski definition) is 1. The Kier molecular flexibility index (Phi) is 1.95. The Labute approximate surface area is 82.6 Å². The van der Waals surface area contributed by atoms with Gasteiger partial charge in [-0.05, 0) is 31.5 Å². The van der Waals surface area contributed by atoms with E-state index in [1.807, 2.05) is 33.0 Å². The van der Waals surface area contributed by atoms with E-state index < -0.39 is 0 Å². The van der Waals surface area contributed by atoms with Crippen LogP contribution >= 0.6 is 0 Å². The maximum Gasteiger partial charge on any atom is 0.328 e. The summed E-state index contributed by atoms with van der Waals surface area (Å²) in [6, 6.07) is 6.08. The molecule has 2 rings (SSSR count). The maximum absolute atomic E-state index is 11.8. The molecule has 0 saturated heterocycles. The van der Waals surface area contributed by atoms with E-state index in [2.05, 4.69) is 6.07 Å². The molecule has 0 atom stereocenters. The smallest absolute Gasteiger partial charge is 0.295 e. The third-order valence-corrected chi connectivity index (χ3v) is 2.62. The van der Waals surface area contributed by atoms with Crippen molar-refractivity contribution in [1.82, 2.24) is 9.13 Å². The van der Waals surface area contributed by atoms with Crippen molar-refractivity contribution in [2.24, 2.45) is 7.05 Å². The molecule has 2 aromatic rings. The third-order valence-electron chi connectivity index (χ3n) is 2.62. The molecule has 3 nitrogen and oxygen atoms in total. The number of aromatic nitrogens is 2. The average molecular weight is 190 g/mol. The second-order valence-corrected chi connectivity index (χ2v) is 3.58. The lowest BCUT2D eigenvalue weighted by molar-refractivity contribution is 0.712. The first-order chi connectivity index (χ1) is 6.65. The topological polar surface area (TPSA) is 26.9 Å². The number of aryl methyl sites for hydroxylation is 3. The van der Waals surface area contributed by atoms with Crippen molar-refractivity contribution in [2.45, 2.75) is 20.4 Å². The van der Waals surface area contributed by atoms with Crippen LogP contribution in [-0.4, -0.2) is 9.13 Å². The molecule has 1 heterocycles. The summed E-state index contributed by atoms with van der Waals surface area (Å²) < 4.78 is 3.49. The van der Waals surface area contributed by atoms with Crippen LogP contribution < -0.4 is 5.69 Å². The summed E-state index contributed by atoms with van der Waals surface area (Å²) in [5, 5.41) is 0. The second-order valence-electron chi connectivity index (χ2n) is 3.58. The van der Waals surface area contributed by atoms with Crippen molar-refractivity contribution in [1.29, 1.82) is 0 Å². The van der Waals surface area contributed by atoms with Crippen LogP contribution in [0.15, 0.2) is 23.0 Å². The highest BCUT2D eigenvalue weighted by molar-refractivity contribution is 5.76. The van der Waals surface area contributed by atoms with Crippen molar-refractivity contribution in [3.05, 3.63) is 34.2 Å². The highest BCUT2D eigenvalue weighted by atomic mass is 16.1.